The molecule has 0 aliphatic carbocycles. The summed E-state index contributed by atoms with van der Waals surface area (Å²) >= 11 is 3.35. The highest BCUT2D eigenvalue weighted by molar-refractivity contribution is 9.09. The molecule has 0 atom stereocenters. The lowest BCUT2D eigenvalue weighted by Gasteiger charge is -2.26. The van der Waals surface area contributed by atoms with Gasteiger partial charge in [0.2, 0.25) is 0 Å². The zero-order valence-electron chi connectivity index (χ0n) is 14.0. The number of aromatic nitrogens is 2. The molecule has 2 aromatic rings. The fraction of sp³-hybridized carbons (Fsp3) is 0.471. The molecule has 1 aromatic heterocycles. The van der Waals surface area contributed by atoms with Gasteiger partial charge in [0.1, 0.15) is 5.54 Å². The Morgan fingerprint density at radius 1 is 1.25 bits per heavy atom. The van der Waals surface area contributed by atoms with Crippen LogP contribution in [0.25, 0.3) is 10.9 Å². The molecule has 0 fully saturated rings. The molecule has 0 saturated heterocycles. The van der Waals surface area contributed by atoms with E-state index in [0.29, 0.717) is 17.4 Å². The zero-order chi connectivity index (χ0) is 17.9. The predicted molar refractivity (Wildman–Crippen MR) is 96.8 cm³/mol. The largest absolute Gasteiger partial charge is 0.464 e. The van der Waals surface area contributed by atoms with E-state index in [-0.39, 0.29) is 6.61 Å². The number of esters is 1. The minimum absolute atomic E-state index is 0.183. The fourth-order valence-corrected chi connectivity index (χ4v) is 2.90. The summed E-state index contributed by atoms with van der Waals surface area (Å²) < 4.78 is 7.59. The first kappa shape index (κ1) is 18.4. The summed E-state index contributed by atoms with van der Waals surface area (Å²) in [5, 5.41) is 1.14. The van der Waals surface area contributed by atoms with Gasteiger partial charge in [-0.2, -0.15) is 0 Å². The van der Waals surface area contributed by atoms with E-state index in [1.165, 1.54) is 13.8 Å². The van der Waals surface area contributed by atoms with E-state index in [4.69, 9.17) is 4.74 Å². The molecule has 0 spiro atoms. The first-order valence-electron chi connectivity index (χ1n) is 7.84. The minimum atomic E-state index is -1.38. The maximum atomic E-state index is 13.0. The van der Waals surface area contributed by atoms with Crippen LogP contribution in [0.15, 0.2) is 33.9 Å². The number of carbonyl (C=O) groups is 1. The first-order chi connectivity index (χ1) is 11.4. The predicted octanol–water partition coefficient (Wildman–Crippen LogP) is 2.25. The summed E-state index contributed by atoms with van der Waals surface area (Å²) in [5.41, 5.74) is -1.80. The quantitative estimate of drug-likeness (QED) is 0.554. The van der Waals surface area contributed by atoms with Crippen molar-refractivity contribution in [1.82, 2.24) is 9.13 Å². The third-order valence-electron chi connectivity index (χ3n) is 3.90. The molecule has 1 aromatic carbocycles. The molecule has 24 heavy (non-hydrogen) atoms. The van der Waals surface area contributed by atoms with Gasteiger partial charge in [-0.05, 0) is 39.3 Å². The molecule has 130 valence electrons. The first-order valence-corrected chi connectivity index (χ1v) is 8.96. The summed E-state index contributed by atoms with van der Waals surface area (Å²) in [6, 6.07) is 6.94. The number of aryl methyl sites for hydroxylation is 1. The molecule has 0 unspecified atom stereocenters. The van der Waals surface area contributed by atoms with Gasteiger partial charge >= 0.3 is 11.7 Å². The lowest BCUT2D eigenvalue weighted by molar-refractivity contribution is -0.152. The van der Waals surface area contributed by atoms with E-state index in [0.717, 1.165) is 16.3 Å². The molecule has 2 rings (SSSR count). The number of alkyl halides is 1. The third kappa shape index (κ3) is 3.17. The Balaban J connectivity index is 2.82. The molecular weight excluding hydrogens is 376 g/mol. The van der Waals surface area contributed by atoms with Gasteiger partial charge in [0, 0.05) is 11.9 Å². The maximum absolute atomic E-state index is 13.0. The lowest BCUT2D eigenvalue weighted by Crippen LogP contribution is -2.53. The average molecular weight is 397 g/mol. The van der Waals surface area contributed by atoms with Crippen LogP contribution in [-0.2, 0) is 21.6 Å². The van der Waals surface area contributed by atoms with E-state index in [1.807, 2.05) is 0 Å². The molecule has 1 heterocycles. The van der Waals surface area contributed by atoms with Gasteiger partial charge in [-0.15, -0.1) is 0 Å². The van der Waals surface area contributed by atoms with Crippen molar-refractivity contribution >= 4 is 32.8 Å². The van der Waals surface area contributed by atoms with Gasteiger partial charge in [-0.1, -0.05) is 28.1 Å². The number of hydrogen-bond donors (Lipinski definition) is 0. The van der Waals surface area contributed by atoms with Crippen molar-refractivity contribution in [2.24, 2.45) is 0 Å². The van der Waals surface area contributed by atoms with Crippen LogP contribution >= 0.6 is 15.9 Å². The zero-order valence-corrected chi connectivity index (χ0v) is 15.6. The van der Waals surface area contributed by atoms with Crippen molar-refractivity contribution < 1.29 is 9.53 Å². The second-order valence-corrected chi connectivity index (χ2v) is 6.71. The standard InChI is InChI=1S/C17H21BrN2O4/c1-4-24-15(22)17(2,3)20-14(21)12-8-5-6-9-13(12)19(16(20)23)11-7-10-18/h5-6,8-9H,4,7,10-11H2,1-3H3. The lowest BCUT2D eigenvalue weighted by atomic mass is 10.1. The number of para-hydroxylation sites is 1. The Morgan fingerprint density at radius 2 is 1.92 bits per heavy atom. The Labute approximate surface area is 148 Å². The van der Waals surface area contributed by atoms with Crippen LogP contribution in [0.3, 0.4) is 0 Å². The molecule has 0 saturated carbocycles. The van der Waals surface area contributed by atoms with Gasteiger partial charge in [0.05, 0.1) is 17.5 Å². The number of hydrogen-bond acceptors (Lipinski definition) is 4. The average Bonchev–Trinajstić information content (AvgIpc) is 2.55. The minimum Gasteiger partial charge on any atom is -0.464 e. The van der Waals surface area contributed by atoms with Crippen molar-refractivity contribution in [2.45, 2.75) is 39.3 Å². The number of benzene rings is 1. The number of halogens is 1. The van der Waals surface area contributed by atoms with Crippen molar-refractivity contribution in [1.29, 1.82) is 0 Å². The highest BCUT2D eigenvalue weighted by atomic mass is 79.9. The Hall–Kier alpha value is -1.89. The van der Waals surface area contributed by atoms with E-state index in [2.05, 4.69) is 15.9 Å². The molecule has 0 N–H and O–H groups in total. The summed E-state index contributed by atoms with van der Waals surface area (Å²) in [6.45, 7) is 5.37. The number of ether oxygens (including phenoxy) is 1. The number of nitrogens with zero attached hydrogens (tertiary/aromatic N) is 2. The van der Waals surface area contributed by atoms with E-state index in [9.17, 15) is 14.4 Å². The van der Waals surface area contributed by atoms with Crippen molar-refractivity contribution in [3.05, 3.63) is 45.1 Å². The van der Waals surface area contributed by atoms with Crippen LogP contribution in [0.2, 0.25) is 0 Å². The smallest absolute Gasteiger partial charge is 0.332 e. The summed E-state index contributed by atoms with van der Waals surface area (Å²) in [4.78, 5) is 38.1. The normalized spacial score (nSPS) is 11.7. The summed E-state index contributed by atoms with van der Waals surface area (Å²) in [6.07, 6.45) is 0.724. The van der Waals surface area contributed by atoms with Crippen molar-refractivity contribution in [3.8, 4) is 0 Å². The fourth-order valence-electron chi connectivity index (χ4n) is 2.65. The van der Waals surface area contributed by atoms with Gasteiger partial charge in [0.15, 0.2) is 0 Å². The topological polar surface area (TPSA) is 70.3 Å². The third-order valence-corrected chi connectivity index (χ3v) is 4.46. The van der Waals surface area contributed by atoms with E-state index < -0.39 is 22.8 Å². The van der Waals surface area contributed by atoms with E-state index in [1.54, 1.807) is 35.8 Å². The highest BCUT2D eigenvalue weighted by Gasteiger charge is 2.35. The van der Waals surface area contributed by atoms with Gasteiger partial charge in [-0.3, -0.25) is 9.36 Å². The number of fused-ring (bicyclic) bond motifs is 1. The Bertz CT molecular complexity index is 867. The molecule has 0 aliphatic heterocycles. The maximum Gasteiger partial charge on any atom is 0.332 e. The molecule has 6 nitrogen and oxygen atoms in total. The van der Waals surface area contributed by atoms with E-state index >= 15 is 0 Å². The van der Waals surface area contributed by atoms with Gasteiger partial charge in [-0.25, -0.2) is 14.2 Å². The molecule has 0 bridgehead atoms. The summed E-state index contributed by atoms with van der Waals surface area (Å²) in [5.74, 6) is -0.605. The van der Waals surface area contributed by atoms with Crippen molar-refractivity contribution in [3.63, 3.8) is 0 Å². The molecule has 7 heteroatoms. The van der Waals surface area contributed by atoms with Crippen LogP contribution < -0.4 is 11.2 Å². The molecule has 0 radical (unpaired) electrons. The Morgan fingerprint density at radius 3 is 2.54 bits per heavy atom. The number of rotatable bonds is 6. The van der Waals surface area contributed by atoms with Gasteiger partial charge in [0.25, 0.3) is 5.56 Å². The monoisotopic (exact) mass is 396 g/mol. The molecule has 0 amide bonds. The second-order valence-electron chi connectivity index (χ2n) is 5.91. The Kier molecular flexibility index (Phi) is 5.64. The van der Waals surface area contributed by atoms with Crippen molar-refractivity contribution in [2.75, 3.05) is 11.9 Å². The second kappa shape index (κ2) is 7.34. The van der Waals surface area contributed by atoms with Crippen LogP contribution in [0, 0.1) is 0 Å². The summed E-state index contributed by atoms with van der Waals surface area (Å²) in [7, 11) is 0. The molecular formula is C17H21BrN2O4. The number of carbonyl (C=O) groups excluding carboxylic acids is 1. The van der Waals surface area contributed by atoms with Crippen LogP contribution in [0.5, 0.6) is 0 Å². The van der Waals surface area contributed by atoms with Gasteiger partial charge < -0.3 is 4.74 Å². The van der Waals surface area contributed by atoms with Crippen LogP contribution in [0.1, 0.15) is 27.2 Å². The highest BCUT2D eigenvalue weighted by Crippen LogP contribution is 2.16. The van der Waals surface area contributed by atoms with Crippen LogP contribution in [0.4, 0.5) is 0 Å². The van der Waals surface area contributed by atoms with Crippen LogP contribution in [-0.4, -0.2) is 27.0 Å². The SMILES string of the molecule is CCOC(=O)C(C)(C)n1c(=O)c2ccccc2n(CCCBr)c1=O. The molecule has 0 aliphatic rings.